The number of anilines is 1. The van der Waals surface area contributed by atoms with Crippen molar-refractivity contribution in [1.29, 1.82) is 0 Å². The molecule has 0 saturated heterocycles. The van der Waals surface area contributed by atoms with Gasteiger partial charge in [-0.25, -0.2) is 4.98 Å². The third-order valence-corrected chi connectivity index (χ3v) is 2.74. The molecule has 0 spiro atoms. The van der Waals surface area contributed by atoms with E-state index in [0.717, 1.165) is 16.8 Å². The lowest BCUT2D eigenvalue weighted by Crippen LogP contribution is -2.07. The first-order chi connectivity index (χ1) is 9.08. The van der Waals surface area contributed by atoms with Gasteiger partial charge in [-0.15, -0.1) is 0 Å². The van der Waals surface area contributed by atoms with Gasteiger partial charge in [0.15, 0.2) is 0 Å². The monoisotopic (exact) mass is 258 g/mol. The van der Waals surface area contributed by atoms with E-state index in [1.807, 2.05) is 19.1 Å². The van der Waals surface area contributed by atoms with Crippen molar-refractivity contribution in [2.24, 2.45) is 0 Å². The number of hydrogen-bond donors (Lipinski definition) is 1. The summed E-state index contributed by atoms with van der Waals surface area (Å²) in [5.74, 6) is 0.264. The van der Waals surface area contributed by atoms with Gasteiger partial charge in [-0.05, 0) is 31.0 Å². The molecule has 2 aromatic heterocycles. The van der Waals surface area contributed by atoms with E-state index in [1.165, 1.54) is 6.07 Å². The van der Waals surface area contributed by atoms with Crippen molar-refractivity contribution in [3.05, 3.63) is 57.5 Å². The Balaban J connectivity index is 2.20. The molecule has 0 saturated carbocycles. The molecule has 0 unspecified atom stereocenters. The topological polar surface area (TPSA) is 81.0 Å². The number of nitrogens with zero attached hydrogens (tertiary/aromatic N) is 3. The highest BCUT2D eigenvalue weighted by Crippen LogP contribution is 2.22. The van der Waals surface area contributed by atoms with Gasteiger partial charge in [-0.1, -0.05) is 6.07 Å². The zero-order valence-electron chi connectivity index (χ0n) is 10.8. The average molecular weight is 258 g/mol. The van der Waals surface area contributed by atoms with Crippen molar-refractivity contribution in [2.75, 3.05) is 5.32 Å². The van der Waals surface area contributed by atoms with Gasteiger partial charge in [0.25, 0.3) is 0 Å². The van der Waals surface area contributed by atoms with E-state index in [4.69, 9.17) is 0 Å². The minimum absolute atomic E-state index is 0.0198. The van der Waals surface area contributed by atoms with Gasteiger partial charge >= 0.3 is 5.69 Å². The van der Waals surface area contributed by atoms with Gasteiger partial charge in [0, 0.05) is 18.5 Å². The molecule has 6 heteroatoms. The van der Waals surface area contributed by atoms with Crippen LogP contribution in [0.15, 0.2) is 30.6 Å². The fraction of sp³-hybridized carbons (Fsp3) is 0.231. The second kappa shape index (κ2) is 5.43. The Hall–Kier alpha value is -2.50. The van der Waals surface area contributed by atoms with Crippen LogP contribution >= 0.6 is 0 Å². The Morgan fingerprint density at radius 2 is 2.16 bits per heavy atom. The Kier molecular flexibility index (Phi) is 3.70. The Morgan fingerprint density at radius 3 is 2.84 bits per heavy atom. The van der Waals surface area contributed by atoms with Gasteiger partial charge < -0.3 is 5.32 Å². The van der Waals surface area contributed by atoms with E-state index in [-0.39, 0.29) is 11.5 Å². The lowest BCUT2D eigenvalue weighted by atomic mass is 10.2. The molecular formula is C13H14N4O2. The lowest BCUT2D eigenvalue weighted by Gasteiger charge is -2.08. The Bertz CT molecular complexity index is 613. The summed E-state index contributed by atoms with van der Waals surface area (Å²) in [6, 6.07) is 5.30. The van der Waals surface area contributed by atoms with Crippen LogP contribution in [0.3, 0.4) is 0 Å². The molecule has 0 aliphatic heterocycles. The molecule has 0 amide bonds. The first-order valence-corrected chi connectivity index (χ1v) is 5.83. The first-order valence-electron chi connectivity index (χ1n) is 5.83. The van der Waals surface area contributed by atoms with Crippen molar-refractivity contribution in [3.63, 3.8) is 0 Å². The quantitative estimate of drug-likeness (QED) is 0.673. The SMILES string of the molecule is Cc1cnc(NCc2ncccc2C)c([N+](=O)[O-])c1. The number of rotatable bonds is 4. The minimum atomic E-state index is -0.437. The fourth-order valence-corrected chi connectivity index (χ4v) is 1.70. The zero-order chi connectivity index (χ0) is 13.8. The van der Waals surface area contributed by atoms with Crippen LogP contribution in [0.25, 0.3) is 0 Å². The number of nitro groups is 1. The third-order valence-electron chi connectivity index (χ3n) is 2.74. The van der Waals surface area contributed by atoms with Crippen molar-refractivity contribution in [2.45, 2.75) is 20.4 Å². The number of pyridine rings is 2. The van der Waals surface area contributed by atoms with Crippen molar-refractivity contribution < 1.29 is 4.92 Å². The number of aryl methyl sites for hydroxylation is 2. The summed E-state index contributed by atoms with van der Waals surface area (Å²) in [4.78, 5) is 18.8. The van der Waals surface area contributed by atoms with E-state index >= 15 is 0 Å². The molecule has 2 heterocycles. The van der Waals surface area contributed by atoms with E-state index in [0.29, 0.717) is 6.54 Å². The summed E-state index contributed by atoms with van der Waals surface area (Å²) >= 11 is 0. The van der Waals surface area contributed by atoms with Crippen LogP contribution in [0.1, 0.15) is 16.8 Å². The second-order valence-electron chi connectivity index (χ2n) is 4.26. The van der Waals surface area contributed by atoms with Gasteiger partial charge in [0.1, 0.15) is 0 Å². The molecule has 0 atom stereocenters. The van der Waals surface area contributed by atoms with Crippen LogP contribution in [0.5, 0.6) is 0 Å². The fourth-order valence-electron chi connectivity index (χ4n) is 1.70. The number of nitrogens with one attached hydrogen (secondary N) is 1. The van der Waals surface area contributed by atoms with Crippen LogP contribution in [-0.4, -0.2) is 14.9 Å². The van der Waals surface area contributed by atoms with Gasteiger partial charge in [0.2, 0.25) is 5.82 Å². The molecule has 19 heavy (non-hydrogen) atoms. The standard InChI is InChI=1S/C13H14N4O2/c1-9-6-12(17(18)19)13(15-7-9)16-8-11-10(2)4-3-5-14-11/h3-7H,8H2,1-2H3,(H,15,16). The predicted octanol–water partition coefficient (Wildman–Crippen LogP) is 2.61. The van der Waals surface area contributed by atoms with Crippen LogP contribution in [0.2, 0.25) is 0 Å². The van der Waals surface area contributed by atoms with Crippen molar-refractivity contribution in [1.82, 2.24) is 9.97 Å². The molecule has 0 aromatic carbocycles. The summed E-state index contributed by atoms with van der Waals surface area (Å²) < 4.78 is 0. The molecule has 0 fully saturated rings. The largest absolute Gasteiger partial charge is 0.359 e. The van der Waals surface area contributed by atoms with E-state index in [9.17, 15) is 10.1 Å². The van der Waals surface area contributed by atoms with Crippen LogP contribution in [-0.2, 0) is 6.54 Å². The molecule has 2 aromatic rings. The maximum atomic E-state index is 11.0. The molecule has 0 radical (unpaired) electrons. The molecule has 6 nitrogen and oxygen atoms in total. The summed E-state index contributed by atoms with van der Waals surface area (Å²) in [5.41, 5.74) is 2.61. The molecule has 0 aliphatic carbocycles. The molecule has 2 rings (SSSR count). The number of aromatic nitrogens is 2. The summed E-state index contributed by atoms with van der Waals surface area (Å²) in [6.45, 7) is 4.12. The highest BCUT2D eigenvalue weighted by molar-refractivity contribution is 5.56. The van der Waals surface area contributed by atoms with Gasteiger partial charge in [-0.3, -0.25) is 15.1 Å². The Morgan fingerprint density at radius 1 is 1.37 bits per heavy atom. The van der Waals surface area contributed by atoms with Crippen LogP contribution in [0, 0.1) is 24.0 Å². The molecule has 98 valence electrons. The minimum Gasteiger partial charge on any atom is -0.359 e. The average Bonchev–Trinajstić information content (AvgIpc) is 2.38. The second-order valence-corrected chi connectivity index (χ2v) is 4.26. The van der Waals surface area contributed by atoms with E-state index in [1.54, 1.807) is 19.3 Å². The maximum absolute atomic E-state index is 11.0. The van der Waals surface area contributed by atoms with E-state index in [2.05, 4.69) is 15.3 Å². The molecule has 0 aliphatic rings. The molecular weight excluding hydrogens is 244 g/mol. The molecule has 1 N–H and O–H groups in total. The van der Waals surface area contributed by atoms with Gasteiger partial charge in [0.05, 0.1) is 17.2 Å². The Labute approximate surface area is 110 Å². The van der Waals surface area contributed by atoms with Crippen LogP contribution in [0.4, 0.5) is 11.5 Å². The zero-order valence-corrected chi connectivity index (χ0v) is 10.8. The third kappa shape index (κ3) is 3.04. The van der Waals surface area contributed by atoms with Crippen molar-refractivity contribution in [3.8, 4) is 0 Å². The number of hydrogen-bond acceptors (Lipinski definition) is 5. The maximum Gasteiger partial charge on any atom is 0.311 e. The van der Waals surface area contributed by atoms with E-state index < -0.39 is 4.92 Å². The molecule has 0 bridgehead atoms. The van der Waals surface area contributed by atoms with Gasteiger partial charge in [-0.2, -0.15) is 0 Å². The first kappa shape index (κ1) is 12.9. The normalized spacial score (nSPS) is 10.2. The predicted molar refractivity (Wildman–Crippen MR) is 71.9 cm³/mol. The summed E-state index contributed by atoms with van der Waals surface area (Å²) in [7, 11) is 0. The highest BCUT2D eigenvalue weighted by Gasteiger charge is 2.15. The van der Waals surface area contributed by atoms with Crippen LogP contribution < -0.4 is 5.32 Å². The van der Waals surface area contributed by atoms with Crippen molar-refractivity contribution >= 4 is 11.5 Å². The summed E-state index contributed by atoms with van der Waals surface area (Å²) in [5, 5.41) is 13.9. The highest BCUT2D eigenvalue weighted by atomic mass is 16.6. The lowest BCUT2D eigenvalue weighted by molar-refractivity contribution is -0.384. The summed E-state index contributed by atoms with van der Waals surface area (Å²) in [6.07, 6.45) is 3.29. The smallest absolute Gasteiger partial charge is 0.311 e.